The molecule has 1 aliphatic rings. The topological polar surface area (TPSA) is 84.9 Å². The van der Waals surface area contributed by atoms with E-state index in [9.17, 15) is 9.59 Å². The van der Waals surface area contributed by atoms with Gasteiger partial charge in [0.15, 0.2) is 6.61 Å². The number of carboxylic acids is 1. The number of aromatic carboxylic acids is 1. The first-order valence-electron chi connectivity index (χ1n) is 6.49. The molecule has 20 heavy (non-hydrogen) atoms. The van der Waals surface area contributed by atoms with E-state index < -0.39 is 5.97 Å². The molecule has 1 heterocycles. The van der Waals surface area contributed by atoms with Crippen LogP contribution in [0.15, 0.2) is 24.3 Å². The van der Waals surface area contributed by atoms with Gasteiger partial charge < -0.3 is 19.9 Å². The van der Waals surface area contributed by atoms with Crippen molar-refractivity contribution in [2.45, 2.75) is 18.9 Å². The fourth-order valence-corrected chi connectivity index (χ4v) is 2.02. The molecule has 2 N–H and O–H groups in total. The lowest BCUT2D eigenvalue weighted by molar-refractivity contribution is -0.124. The van der Waals surface area contributed by atoms with Gasteiger partial charge in [0, 0.05) is 19.3 Å². The summed E-state index contributed by atoms with van der Waals surface area (Å²) in [7, 11) is 0. The van der Waals surface area contributed by atoms with Gasteiger partial charge in [-0.3, -0.25) is 4.79 Å². The molecule has 0 bridgehead atoms. The lowest BCUT2D eigenvalue weighted by Gasteiger charge is -2.23. The van der Waals surface area contributed by atoms with Crippen LogP contribution in [0.2, 0.25) is 0 Å². The summed E-state index contributed by atoms with van der Waals surface area (Å²) in [4.78, 5) is 22.7. The number of hydrogen-bond donors (Lipinski definition) is 2. The minimum absolute atomic E-state index is 0.0476. The predicted molar refractivity (Wildman–Crippen MR) is 70.9 cm³/mol. The predicted octanol–water partition coefficient (Wildman–Crippen LogP) is 1.06. The molecular weight excluding hydrogens is 262 g/mol. The van der Waals surface area contributed by atoms with E-state index in [0.29, 0.717) is 13.2 Å². The van der Waals surface area contributed by atoms with Crippen LogP contribution in [-0.2, 0) is 9.53 Å². The van der Waals surface area contributed by atoms with Crippen molar-refractivity contribution in [1.82, 2.24) is 5.32 Å². The van der Waals surface area contributed by atoms with Crippen LogP contribution in [0.25, 0.3) is 0 Å². The Hall–Kier alpha value is -2.08. The molecule has 1 aliphatic heterocycles. The average Bonchev–Trinajstić information content (AvgIpc) is 2.46. The van der Waals surface area contributed by atoms with Crippen molar-refractivity contribution < 1.29 is 24.2 Å². The lowest BCUT2D eigenvalue weighted by atomic mass is 10.1. The highest BCUT2D eigenvalue weighted by molar-refractivity contribution is 5.91. The lowest BCUT2D eigenvalue weighted by Crippen LogP contribution is -2.41. The number of para-hydroxylation sites is 1. The van der Waals surface area contributed by atoms with Gasteiger partial charge in [-0.15, -0.1) is 0 Å². The summed E-state index contributed by atoms with van der Waals surface area (Å²) in [5, 5.41) is 11.8. The van der Waals surface area contributed by atoms with Crippen molar-refractivity contribution in [2.24, 2.45) is 0 Å². The third kappa shape index (κ3) is 3.96. The SMILES string of the molecule is O=C(COc1ccccc1C(=O)O)NC1CCOCC1. The van der Waals surface area contributed by atoms with Crippen LogP contribution in [0.4, 0.5) is 0 Å². The molecule has 1 aromatic rings. The molecular formula is C14H17NO5. The molecule has 0 radical (unpaired) electrons. The van der Waals surface area contributed by atoms with Crippen LogP contribution in [0.5, 0.6) is 5.75 Å². The smallest absolute Gasteiger partial charge is 0.339 e. The Balaban J connectivity index is 1.85. The summed E-state index contributed by atoms with van der Waals surface area (Å²) >= 11 is 0. The van der Waals surface area contributed by atoms with Crippen LogP contribution in [-0.4, -0.2) is 42.8 Å². The Labute approximate surface area is 116 Å². The third-order valence-corrected chi connectivity index (χ3v) is 3.06. The van der Waals surface area contributed by atoms with Gasteiger partial charge in [0.05, 0.1) is 0 Å². The molecule has 1 amide bonds. The summed E-state index contributed by atoms with van der Waals surface area (Å²) in [5.41, 5.74) is 0.0476. The van der Waals surface area contributed by atoms with Gasteiger partial charge in [-0.2, -0.15) is 0 Å². The van der Waals surface area contributed by atoms with E-state index in [1.165, 1.54) is 12.1 Å². The Morgan fingerprint density at radius 2 is 2.00 bits per heavy atom. The standard InChI is InChI=1S/C14H17NO5/c16-13(15-10-5-7-19-8-6-10)9-20-12-4-2-1-3-11(12)14(17)18/h1-4,10H,5-9H2,(H,15,16)(H,17,18). The summed E-state index contributed by atoms with van der Waals surface area (Å²) in [5.74, 6) is -1.13. The summed E-state index contributed by atoms with van der Waals surface area (Å²) in [6.07, 6.45) is 1.58. The van der Waals surface area contributed by atoms with Gasteiger partial charge in [0.1, 0.15) is 11.3 Å². The molecule has 108 valence electrons. The Morgan fingerprint density at radius 1 is 1.30 bits per heavy atom. The first kappa shape index (κ1) is 14.3. The van der Waals surface area contributed by atoms with Gasteiger partial charge >= 0.3 is 5.97 Å². The largest absolute Gasteiger partial charge is 0.483 e. The zero-order chi connectivity index (χ0) is 14.4. The van der Waals surface area contributed by atoms with Gasteiger partial charge in [-0.1, -0.05) is 12.1 Å². The molecule has 2 rings (SSSR count). The molecule has 0 atom stereocenters. The van der Waals surface area contributed by atoms with Crippen molar-refractivity contribution in [2.75, 3.05) is 19.8 Å². The second kappa shape index (κ2) is 6.91. The normalized spacial score (nSPS) is 15.6. The second-order valence-corrected chi connectivity index (χ2v) is 4.54. The quantitative estimate of drug-likeness (QED) is 0.841. The van der Waals surface area contributed by atoms with E-state index in [1.54, 1.807) is 12.1 Å². The molecule has 0 aliphatic carbocycles. The van der Waals surface area contributed by atoms with Crippen LogP contribution in [0, 0.1) is 0 Å². The molecule has 0 saturated carbocycles. The Morgan fingerprint density at radius 3 is 2.70 bits per heavy atom. The maximum atomic E-state index is 11.7. The first-order chi connectivity index (χ1) is 9.66. The second-order valence-electron chi connectivity index (χ2n) is 4.54. The molecule has 1 saturated heterocycles. The summed E-state index contributed by atoms with van der Waals surface area (Å²) in [6, 6.07) is 6.35. The van der Waals surface area contributed by atoms with E-state index in [2.05, 4.69) is 5.32 Å². The van der Waals surface area contributed by atoms with Crippen molar-refractivity contribution in [1.29, 1.82) is 0 Å². The van der Waals surface area contributed by atoms with E-state index >= 15 is 0 Å². The number of carbonyl (C=O) groups excluding carboxylic acids is 1. The van der Waals surface area contributed by atoms with Crippen molar-refractivity contribution in [3.05, 3.63) is 29.8 Å². The molecule has 0 unspecified atom stereocenters. The highest BCUT2D eigenvalue weighted by Crippen LogP contribution is 2.17. The maximum absolute atomic E-state index is 11.7. The highest BCUT2D eigenvalue weighted by atomic mass is 16.5. The fraction of sp³-hybridized carbons (Fsp3) is 0.429. The number of benzene rings is 1. The van der Waals surface area contributed by atoms with Crippen molar-refractivity contribution in [3.8, 4) is 5.75 Å². The molecule has 0 aromatic heterocycles. The number of ether oxygens (including phenoxy) is 2. The van der Waals surface area contributed by atoms with E-state index in [0.717, 1.165) is 12.8 Å². The number of carbonyl (C=O) groups is 2. The van der Waals surface area contributed by atoms with Gasteiger partial charge in [-0.05, 0) is 25.0 Å². The van der Waals surface area contributed by atoms with Crippen LogP contribution < -0.4 is 10.1 Å². The van der Waals surface area contributed by atoms with Crippen LogP contribution >= 0.6 is 0 Å². The Bertz CT molecular complexity index is 482. The number of nitrogens with one attached hydrogen (secondary N) is 1. The summed E-state index contributed by atoms with van der Waals surface area (Å²) in [6.45, 7) is 1.10. The van der Waals surface area contributed by atoms with E-state index in [1.807, 2.05) is 0 Å². The minimum Gasteiger partial charge on any atom is -0.483 e. The van der Waals surface area contributed by atoms with Crippen molar-refractivity contribution >= 4 is 11.9 Å². The average molecular weight is 279 g/mol. The monoisotopic (exact) mass is 279 g/mol. The third-order valence-electron chi connectivity index (χ3n) is 3.06. The first-order valence-corrected chi connectivity index (χ1v) is 6.49. The number of carboxylic acid groups (broad SMARTS) is 1. The number of amides is 1. The van der Waals surface area contributed by atoms with Gasteiger partial charge in [-0.25, -0.2) is 4.79 Å². The number of hydrogen-bond acceptors (Lipinski definition) is 4. The van der Waals surface area contributed by atoms with Crippen LogP contribution in [0.1, 0.15) is 23.2 Å². The van der Waals surface area contributed by atoms with E-state index in [-0.39, 0.29) is 29.9 Å². The molecule has 1 aromatic carbocycles. The number of rotatable bonds is 5. The Kier molecular flexibility index (Phi) is 4.95. The fourth-order valence-electron chi connectivity index (χ4n) is 2.02. The van der Waals surface area contributed by atoms with Crippen molar-refractivity contribution in [3.63, 3.8) is 0 Å². The summed E-state index contributed by atoms with van der Waals surface area (Å²) < 4.78 is 10.5. The van der Waals surface area contributed by atoms with Gasteiger partial charge in [0.2, 0.25) is 0 Å². The van der Waals surface area contributed by atoms with E-state index in [4.69, 9.17) is 14.6 Å². The zero-order valence-electron chi connectivity index (χ0n) is 11.0. The molecule has 0 spiro atoms. The molecule has 6 heteroatoms. The maximum Gasteiger partial charge on any atom is 0.339 e. The molecule has 6 nitrogen and oxygen atoms in total. The van der Waals surface area contributed by atoms with Gasteiger partial charge in [0.25, 0.3) is 5.91 Å². The molecule has 1 fully saturated rings. The minimum atomic E-state index is -1.08. The van der Waals surface area contributed by atoms with Crippen LogP contribution in [0.3, 0.4) is 0 Å². The zero-order valence-corrected chi connectivity index (χ0v) is 11.0. The highest BCUT2D eigenvalue weighted by Gasteiger charge is 2.17.